The van der Waals surface area contributed by atoms with Gasteiger partial charge in [0.15, 0.2) is 5.96 Å². The summed E-state index contributed by atoms with van der Waals surface area (Å²) < 4.78 is 11.2. The summed E-state index contributed by atoms with van der Waals surface area (Å²) in [6, 6.07) is 0. The average molecular weight is 510 g/mol. The fraction of sp³-hybridized carbons (Fsp3) is 0.789. The quantitative estimate of drug-likeness (QED) is 0.242. The lowest BCUT2D eigenvalue weighted by atomic mass is 9.93. The normalized spacial score (nSPS) is 16.1. The molecule has 0 radical (unpaired) electrons. The molecule has 2 N–H and O–H groups in total. The molecule has 156 valence electrons. The molecular weight excluding hydrogens is 475 g/mol. The van der Waals surface area contributed by atoms with Crippen LogP contribution in [0.4, 0.5) is 0 Å². The van der Waals surface area contributed by atoms with Crippen LogP contribution >= 0.6 is 35.3 Å². The molecule has 0 amide bonds. The second-order valence-corrected chi connectivity index (χ2v) is 8.66. The number of thiazole rings is 1. The van der Waals surface area contributed by atoms with Crippen LogP contribution in [0.3, 0.4) is 0 Å². The van der Waals surface area contributed by atoms with Crippen LogP contribution in [-0.4, -0.2) is 51.0 Å². The summed E-state index contributed by atoms with van der Waals surface area (Å²) in [6.45, 7) is 11.5. The first-order chi connectivity index (χ1) is 12.5. The van der Waals surface area contributed by atoms with E-state index < -0.39 is 0 Å². The van der Waals surface area contributed by atoms with E-state index in [0.717, 1.165) is 68.9 Å². The zero-order chi connectivity index (χ0) is 18.8. The number of guanidine groups is 1. The molecule has 0 bridgehead atoms. The molecular formula is C19H35IN4O2S. The van der Waals surface area contributed by atoms with Gasteiger partial charge in [0.2, 0.25) is 0 Å². The van der Waals surface area contributed by atoms with Crippen molar-refractivity contribution in [2.24, 2.45) is 10.9 Å². The second kappa shape index (κ2) is 12.9. The van der Waals surface area contributed by atoms with Gasteiger partial charge in [0, 0.05) is 50.8 Å². The Morgan fingerprint density at radius 3 is 2.70 bits per heavy atom. The number of aliphatic imine (C=N–C) groups is 1. The van der Waals surface area contributed by atoms with Gasteiger partial charge in [0.1, 0.15) is 5.01 Å². The highest BCUT2D eigenvalue weighted by molar-refractivity contribution is 14.0. The summed E-state index contributed by atoms with van der Waals surface area (Å²) in [5.41, 5.74) is 1.24. The van der Waals surface area contributed by atoms with E-state index in [-0.39, 0.29) is 29.4 Å². The summed E-state index contributed by atoms with van der Waals surface area (Å²) in [5, 5.41) is 9.88. The third kappa shape index (κ3) is 9.54. The Bertz CT molecular complexity index is 554. The third-order valence-electron chi connectivity index (χ3n) is 4.40. The smallest absolute Gasteiger partial charge is 0.191 e. The van der Waals surface area contributed by atoms with Crippen molar-refractivity contribution in [2.45, 2.75) is 52.0 Å². The van der Waals surface area contributed by atoms with Crippen LogP contribution in [-0.2, 0) is 21.4 Å². The van der Waals surface area contributed by atoms with Crippen molar-refractivity contribution in [3.63, 3.8) is 0 Å². The number of hydrogen-bond acceptors (Lipinski definition) is 5. The van der Waals surface area contributed by atoms with Crippen molar-refractivity contribution >= 4 is 41.3 Å². The Morgan fingerprint density at radius 2 is 2.07 bits per heavy atom. The van der Waals surface area contributed by atoms with Crippen molar-refractivity contribution in [1.29, 1.82) is 0 Å². The maximum absolute atomic E-state index is 5.79. The Hall–Kier alpha value is -0.450. The van der Waals surface area contributed by atoms with Crippen LogP contribution < -0.4 is 10.6 Å². The molecule has 1 aromatic heterocycles. The number of halogens is 1. The van der Waals surface area contributed by atoms with Crippen molar-refractivity contribution in [3.05, 3.63) is 16.1 Å². The molecule has 0 saturated carbocycles. The van der Waals surface area contributed by atoms with Crippen LogP contribution in [0.5, 0.6) is 0 Å². The number of nitrogens with zero attached hydrogens (tertiary/aromatic N) is 2. The topological polar surface area (TPSA) is 67.8 Å². The van der Waals surface area contributed by atoms with Gasteiger partial charge in [0.05, 0.1) is 12.2 Å². The van der Waals surface area contributed by atoms with Gasteiger partial charge in [-0.25, -0.2) is 4.98 Å². The molecule has 1 saturated heterocycles. The first kappa shape index (κ1) is 24.6. The van der Waals surface area contributed by atoms with E-state index in [1.54, 1.807) is 18.4 Å². The molecule has 0 aliphatic carbocycles. The number of hydrogen-bond donors (Lipinski definition) is 2. The van der Waals surface area contributed by atoms with E-state index in [0.29, 0.717) is 12.5 Å². The summed E-state index contributed by atoms with van der Waals surface area (Å²) in [4.78, 5) is 8.96. The molecule has 2 rings (SSSR count). The minimum atomic E-state index is 0. The maximum atomic E-state index is 5.79. The molecule has 1 aliphatic rings. The zero-order valence-electron chi connectivity index (χ0n) is 17.0. The second-order valence-electron chi connectivity index (χ2n) is 7.71. The molecule has 1 aliphatic heterocycles. The van der Waals surface area contributed by atoms with Gasteiger partial charge in [0.25, 0.3) is 0 Å². The van der Waals surface area contributed by atoms with Gasteiger partial charge in [-0.15, -0.1) is 35.3 Å². The zero-order valence-corrected chi connectivity index (χ0v) is 20.2. The van der Waals surface area contributed by atoms with E-state index in [2.05, 4.69) is 41.8 Å². The largest absolute Gasteiger partial charge is 0.381 e. The van der Waals surface area contributed by atoms with Crippen LogP contribution in [0.1, 0.15) is 50.7 Å². The van der Waals surface area contributed by atoms with Gasteiger partial charge in [-0.1, -0.05) is 20.8 Å². The first-order valence-electron chi connectivity index (χ1n) is 9.54. The Kier molecular flexibility index (Phi) is 11.7. The van der Waals surface area contributed by atoms with E-state index >= 15 is 0 Å². The fourth-order valence-electron chi connectivity index (χ4n) is 2.66. The monoisotopic (exact) mass is 510 g/mol. The summed E-state index contributed by atoms with van der Waals surface area (Å²) in [6.07, 6.45) is 3.22. The highest BCUT2D eigenvalue weighted by Gasteiger charge is 2.17. The summed E-state index contributed by atoms with van der Waals surface area (Å²) in [7, 11) is 1.79. The van der Waals surface area contributed by atoms with Crippen molar-refractivity contribution in [1.82, 2.24) is 15.6 Å². The lowest BCUT2D eigenvalue weighted by Crippen LogP contribution is -2.37. The molecule has 8 heteroatoms. The predicted octanol–water partition coefficient (Wildman–Crippen LogP) is 3.56. The van der Waals surface area contributed by atoms with E-state index in [1.807, 2.05) is 0 Å². The Labute approximate surface area is 184 Å². The Morgan fingerprint density at radius 1 is 1.33 bits per heavy atom. The van der Waals surface area contributed by atoms with Crippen molar-refractivity contribution < 1.29 is 9.47 Å². The number of aromatic nitrogens is 1. The first-order valence-corrected chi connectivity index (χ1v) is 10.4. The average Bonchev–Trinajstić information content (AvgIpc) is 3.11. The van der Waals surface area contributed by atoms with Crippen molar-refractivity contribution in [3.8, 4) is 0 Å². The molecule has 0 aromatic carbocycles. The van der Waals surface area contributed by atoms with E-state index in [1.165, 1.54) is 0 Å². The van der Waals surface area contributed by atoms with Crippen LogP contribution in [0.15, 0.2) is 10.4 Å². The van der Waals surface area contributed by atoms with Gasteiger partial charge < -0.3 is 20.1 Å². The van der Waals surface area contributed by atoms with E-state index in [4.69, 9.17) is 14.5 Å². The lowest BCUT2D eigenvalue weighted by molar-refractivity contribution is 0.0203. The summed E-state index contributed by atoms with van der Waals surface area (Å²) in [5.74, 6) is 1.48. The molecule has 1 aromatic rings. The summed E-state index contributed by atoms with van der Waals surface area (Å²) >= 11 is 1.69. The van der Waals surface area contributed by atoms with Gasteiger partial charge >= 0.3 is 0 Å². The molecule has 0 spiro atoms. The Balaban J connectivity index is 0.00000364. The number of rotatable bonds is 8. The molecule has 0 atom stereocenters. The fourth-order valence-corrected chi connectivity index (χ4v) is 3.62. The highest BCUT2D eigenvalue weighted by Crippen LogP contribution is 2.23. The molecule has 1 fully saturated rings. The van der Waals surface area contributed by atoms with Gasteiger partial charge in [-0.2, -0.15) is 0 Å². The van der Waals surface area contributed by atoms with Crippen LogP contribution in [0.2, 0.25) is 0 Å². The van der Waals surface area contributed by atoms with E-state index in [9.17, 15) is 0 Å². The number of nitrogens with one attached hydrogen (secondary N) is 2. The molecule has 6 nitrogen and oxygen atoms in total. The third-order valence-corrected chi connectivity index (χ3v) is 5.25. The molecule has 27 heavy (non-hydrogen) atoms. The van der Waals surface area contributed by atoms with Crippen LogP contribution in [0, 0.1) is 5.92 Å². The SMILES string of the molecule is CN=C(NCCCOCC1CCOCC1)NCc1nc(C(C)(C)C)cs1.I. The standard InChI is InChI=1S/C19H34N4O2S.HI/c1-19(2,3)16-14-26-17(23-16)12-22-18(20-4)21-8-5-9-25-13-15-6-10-24-11-7-15;/h14-15H,5-13H2,1-4H3,(H2,20,21,22);1H. The van der Waals surface area contributed by atoms with Crippen LogP contribution in [0.25, 0.3) is 0 Å². The van der Waals surface area contributed by atoms with Gasteiger partial charge in [-0.3, -0.25) is 4.99 Å². The molecule has 2 heterocycles. The minimum Gasteiger partial charge on any atom is -0.381 e. The maximum Gasteiger partial charge on any atom is 0.191 e. The lowest BCUT2D eigenvalue weighted by Gasteiger charge is -2.21. The molecule has 0 unspecified atom stereocenters. The number of ether oxygens (including phenoxy) is 2. The van der Waals surface area contributed by atoms with Gasteiger partial charge in [-0.05, 0) is 25.2 Å². The van der Waals surface area contributed by atoms with Crippen molar-refractivity contribution in [2.75, 3.05) is 40.0 Å². The predicted molar refractivity (Wildman–Crippen MR) is 123 cm³/mol. The minimum absolute atomic E-state index is 0. The highest BCUT2D eigenvalue weighted by atomic mass is 127.